The smallest absolute Gasteiger partial charge is 0.273 e. The first-order chi connectivity index (χ1) is 13.2. The Morgan fingerprint density at radius 3 is 2.52 bits per heavy atom. The number of hydrogen-bond donors (Lipinski definition) is 0. The molecule has 4 rings (SSSR count). The summed E-state index contributed by atoms with van der Waals surface area (Å²) >= 11 is 1.49. The highest BCUT2D eigenvalue weighted by Gasteiger charge is 2.21. The van der Waals surface area contributed by atoms with Gasteiger partial charge in [-0.15, -0.1) is 11.3 Å². The molecular formula is C22H20N2O2S. The van der Waals surface area contributed by atoms with Crippen LogP contribution in [0.2, 0.25) is 0 Å². The number of carbonyl (C=O) groups excluding carboxylic acids is 1. The van der Waals surface area contributed by atoms with E-state index in [1.54, 1.807) is 7.11 Å². The largest absolute Gasteiger partial charge is 0.497 e. The summed E-state index contributed by atoms with van der Waals surface area (Å²) in [6.07, 6.45) is 3.01. The Kier molecular flexibility index (Phi) is 5.03. The first-order valence-electron chi connectivity index (χ1n) is 8.88. The number of aromatic nitrogens is 1. The van der Waals surface area contributed by atoms with E-state index < -0.39 is 0 Å². The average molecular weight is 376 g/mol. The SMILES string of the molecule is COc1ccc(-c2nc(C(=O)N3CC=C(c4ccccc4)CC3)cs2)cc1. The average Bonchev–Trinajstić information content (AvgIpc) is 3.24. The van der Waals surface area contributed by atoms with Gasteiger partial charge in [0.2, 0.25) is 0 Å². The molecule has 0 fully saturated rings. The zero-order chi connectivity index (χ0) is 18.6. The number of benzene rings is 2. The van der Waals surface area contributed by atoms with E-state index in [0.29, 0.717) is 12.2 Å². The molecule has 0 spiro atoms. The van der Waals surface area contributed by atoms with Crippen LogP contribution < -0.4 is 4.74 Å². The summed E-state index contributed by atoms with van der Waals surface area (Å²) in [6, 6.07) is 18.1. The van der Waals surface area contributed by atoms with Crippen molar-refractivity contribution in [2.24, 2.45) is 0 Å². The molecular weight excluding hydrogens is 356 g/mol. The fourth-order valence-corrected chi connectivity index (χ4v) is 3.97. The Balaban J connectivity index is 1.46. The number of carbonyl (C=O) groups is 1. The fraction of sp³-hybridized carbons (Fsp3) is 0.182. The van der Waals surface area contributed by atoms with Crippen LogP contribution in [0, 0.1) is 0 Å². The van der Waals surface area contributed by atoms with Gasteiger partial charge >= 0.3 is 0 Å². The van der Waals surface area contributed by atoms with Crippen molar-refractivity contribution in [1.29, 1.82) is 0 Å². The highest BCUT2D eigenvalue weighted by molar-refractivity contribution is 7.13. The molecule has 1 aliphatic rings. The van der Waals surface area contributed by atoms with Crippen molar-refractivity contribution in [3.8, 4) is 16.3 Å². The van der Waals surface area contributed by atoms with Gasteiger partial charge in [-0.25, -0.2) is 4.98 Å². The van der Waals surface area contributed by atoms with Gasteiger partial charge in [0, 0.05) is 24.0 Å². The Morgan fingerprint density at radius 1 is 1.07 bits per heavy atom. The molecule has 0 bridgehead atoms. The van der Waals surface area contributed by atoms with Crippen molar-refractivity contribution >= 4 is 22.8 Å². The van der Waals surface area contributed by atoms with Crippen molar-refractivity contribution in [3.05, 3.63) is 77.3 Å². The van der Waals surface area contributed by atoms with Crippen LogP contribution in [0.25, 0.3) is 16.1 Å². The van der Waals surface area contributed by atoms with Crippen molar-refractivity contribution < 1.29 is 9.53 Å². The molecule has 1 aromatic heterocycles. The monoisotopic (exact) mass is 376 g/mol. The third-order valence-corrected chi connectivity index (χ3v) is 5.59. The lowest BCUT2D eigenvalue weighted by molar-refractivity contribution is 0.0768. The van der Waals surface area contributed by atoms with Crippen LogP contribution in [0.3, 0.4) is 0 Å². The molecule has 1 amide bonds. The zero-order valence-corrected chi connectivity index (χ0v) is 15.9. The van der Waals surface area contributed by atoms with Crippen LogP contribution >= 0.6 is 11.3 Å². The molecule has 0 saturated carbocycles. The molecule has 0 saturated heterocycles. The highest BCUT2D eigenvalue weighted by Crippen LogP contribution is 2.27. The van der Waals surface area contributed by atoms with E-state index in [0.717, 1.165) is 29.3 Å². The first-order valence-corrected chi connectivity index (χ1v) is 9.76. The highest BCUT2D eigenvalue weighted by atomic mass is 32.1. The molecule has 5 heteroatoms. The van der Waals surface area contributed by atoms with Crippen molar-refractivity contribution in [3.63, 3.8) is 0 Å². The van der Waals surface area contributed by atoms with Gasteiger partial charge in [0.05, 0.1) is 7.11 Å². The van der Waals surface area contributed by atoms with E-state index in [1.807, 2.05) is 52.7 Å². The normalized spacial score (nSPS) is 14.0. The predicted molar refractivity (Wildman–Crippen MR) is 109 cm³/mol. The van der Waals surface area contributed by atoms with Gasteiger partial charge in [0.1, 0.15) is 16.5 Å². The molecule has 0 unspecified atom stereocenters. The molecule has 1 aliphatic heterocycles. The van der Waals surface area contributed by atoms with E-state index in [1.165, 1.54) is 22.5 Å². The lowest BCUT2D eigenvalue weighted by Crippen LogP contribution is -2.34. The Hall–Kier alpha value is -2.92. The van der Waals surface area contributed by atoms with Crippen LogP contribution in [0.1, 0.15) is 22.5 Å². The standard InChI is InChI=1S/C22H20N2O2S/c1-26-19-9-7-18(8-10-19)21-23-20(15-27-21)22(25)24-13-11-17(12-14-24)16-5-3-2-4-6-16/h2-11,15H,12-14H2,1H3. The Labute approximate surface area is 162 Å². The predicted octanol–water partition coefficient (Wildman–Crippen LogP) is 4.75. The minimum atomic E-state index is -0.00521. The zero-order valence-electron chi connectivity index (χ0n) is 15.1. The second-order valence-corrected chi connectivity index (χ2v) is 7.22. The summed E-state index contributed by atoms with van der Waals surface area (Å²) in [5.41, 5.74) is 4.05. The minimum absolute atomic E-state index is 0.00521. The molecule has 0 aliphatic carbocycles. The molecule has 0 N–H and O–H groups in total. The number of nitrogens with zero attached hydrogens (tertiary/aromatic N) is 2. The molecule has 0 atom stereocenters. The molecule has 4 nitrogen and oxygen atoms in total. The van der Waals surface area contributed by atoms with Crippen molar-refractivity contribution in [2.45, 2.75) is 6.42 Å². The summed E-state index contributed by atoms with van der Waals surface area (Å²) in [4.78, 5) is 19.2. The van der Waals surface area contributed by atoms with E-state index in [9.17, 15) is 4.79 Å². The summed E-state index contributed by atoms with van der Waals surface area (Å²) in [6.45, 7) is 1.34. The first kappa shape index (κ1) is 17.5. The summed E-state index contributed by atoms with van der Waals surface area (Å²) in [5.74, 6) is 0.801. The topological polar surface area (TPSA) is 42.4 Å². The van der Waals surface area contributed by atoms with E-state index >= 15 is 0 Å². The van der Waals surface area contributed by atoms with E-state index in [4.69, 9.17) is 4.74 Å². The van der Waals surface area contributed by atoms with Crippen molar-refractivity contribution in [2.75, 3.05) is 20.2 Å². The number of hydrogen-bond acceptors (Lipinski definition) is 4. The molecule has 2 aromatic carbocycles. The third kappa shape index (κ3) is 3.78. The van der Waals surface area contributed by atoms with Gasteiger partial charge in [-0.2, -0.15) is 0 Å². The number of methoxy groups -OCH3 is 1. The maximum absolute atomic E-state index is 12.8. The summed E-state index contributed by atoms with van der Waals surface area (Å²) < 4.78 is 5.19. The molecule has 27 heavy (non-hydrogen) atoms. The van der Waals surface area contributed by atoms with Crippen LogP contribution in [-0.4, -0.2) is 36.0 Å². The fourth-order valence-electron chi connectivity index (χ4n) is 3.17. The van der Waals surface area contributed by atoms with E-state index in [-0.39, 0.29) is 5.91 Å². The number of thiazole rings is 1. The molecule has 136 valence electrons. The minimum Gasteiger partial charge on any atom is -0.497 e. The van der Waals surface area contributed by atoms with Gasteiger partial charge in [0.25, 0.3) is 5.91 Å². The van der Waals surface area contributed by atoms with Crippen LogP contribution in [0.4, 0.5) is 0 Å². The van der Waals surface area contributed by atoms with Gasteiger partial charge in [-0.05, 0) is 41.8 Å². The van der Waals surface area contributed by atoms with Gasteiger partial charge in [-0.3, -0.25) is 4.79 Å². The van der Waals surface area contributed by atoms with Gasteiger partial charge in [0.15, 0.2) is 0 Å². The van der Waals surface area contributed by atoms with Gasteiger partial charge in [-0.1, -0.05) is 36.4 Å². The van der Waals surface area contributed by atoms with Gasteiger partial charge < -0.3 is 9.64 Å². The summed E-state index contributed by atoms with van der Waals surface area (Å²) in [7, 11) is 1.64. The Morgan fingerprint density at radius 2 is 1.85 bits per heavy atom. The molecule has 2 heterocycles. The summed E-state index contributed by atoms with van der Waals surface area (Å²) in [5, 5.41) is 2.69. The second-order valence-electron chi connectivity index (χ2n) is 6.36. The third-order valence-electron chi connectivity index (χ3n) is 4.70. The van der Waals surface area contributed by atoms with Crippen LogP contribution in [0.15, 0.2) is 66.1 Å². The molecule has 3 aromatic rings. The maximum atomic E-state index is 12.8. The molecule has 0 radical (unpaired) electrons. The lowest BCUT2D eigenvalue weighted by Gasteiger charge is -2.26. The number of rotatable bonds is 4. The second kappa shape index (κ2) is 7.76. The number of amides is 1. The number of ether oxygens (including phenoxy) is 1. The lowest BCUT2D eigenvalue weighted by atomic mass is 9.99. The van der Waals surface area contributed by atoms with E-state index in [2.05, 4.69) is 23.2 Å². The van der Waals surface area contributed by atoms with Crippen LogP contribution in [-0.2, 0) is 0 Å². The Bertz CT molecular complexity index is 961. The van der Waals surface area contributed by atoms with Crippen LogP contribution in [0.5, 0.6) is 5.75 Å². The van der Waals surface area contributed by atoms with Crippen molar-refractivity contribution in [1.82, 2.24) is 9.88 Å². The maximum Gasteiger partial charge on any atom is 0.273 e. The quantitative estimate of drug-likeness (QED) is 0.660.